The van der Waals surface area contributed by atoms with Crippen LogP contribution in [0.3, 0.4) is 0 Å². The number of rotatable bonds is 3. The molecule has 0 saturated heterocycles. The Hall–Kier alpha value is -0.820. The standard InChI is InChI=1S/C13H15Br/c1-3-4-5-6-11(2)12-7-9-13(14)10-8-12/h4-10H,3H2,1-2H3/b5-4-,11-6+. The van der Waals surface area contributed by atoms with Gasteiger partial charge in [-0.15, -0.1) is 0 Å². The minimum absolute atomic E-state index is 1.09. The smallest absolute Gasteiger partial charge is 0.0175 e. The molecular weight excluding hydrogens is 236 g/mol. The van der Waals surface area contributed by atoms with Gasteiger partial charge in [-0.05, 0) is 36.6 Å². The molecule has 0 aliphatic heterocycles. The Morgan fingerprint density at radius 1 is 1.29 bits per heavy atom. The van der Waals surface area contributed by atoms with E-state index in [9.17, 15) is 0 Å². The topological polar surface area (TPSA) is 0 Å². The maximum absolute atomic E-state index is 3.42. The Morgan fingerprint density at radius 2 is 1.93 bits per heavy atom. The van der Waals surface area contributed by atoms with E-state index in [1.165, 1.54) is 11.1 Å². The summed E-state index contributed by atoms with van der Waals surface area (Å²) in [5.74, 6) is 0. The van der Waals surface area contributed by atoms with Crippen LogP contribution in [0.15, 0.2) is 47.0 Å². The van der Waals surface area contributed by atoms with E-state index in [-0.39, 0.29) is 0 Å². The summed E-state index contributed by atoms with van der Waals surface area (Å²) in [7, 11) is 0. The number of halogens is 1. The largest absolute Gasteiger partial charge is 0.0848 e. The molecule has 0 atom stereocenters. The van der Waals surface area contributed by atoms with Crippen LogP contribution in [0.2, 0.25) is 0 Å². The Labute approximate surface area is 94.5 Å². The molecule has 1 rings (SSSR count). The fourth-order valence-electron chi connectivity index (χ4n) is 1.16. The molecule has 0 bridgehead atoms. The molecular formula is C13H15Br. The van der Waals surface area contributed by atoms with Crippen LogP contribution in [0.5, 0.6) is 0 Å². The third-order valence-electron chi connectivity index (χ3n) is 2.02. The highest BCUT2D eigenvalue weighted by atomic mass is 79.9. The predicted octanol–water partition coefficient (Wildman–Crippen LogP) is 4.82. The van der Waals surface area contributed by atoms with E-state index in [0.29, 0.717) is 0 Å². The lowest BCUT2D eigenvalue weighted by Gasteiger charge is -1.99. The second kappa shape index (κ2) is 5.82. The number of hydrogen-bond acceptors (Lipinski definition) is 0. The van der Waals surface area contributed by atoms with Crippen molar-refractivity contribution in [1.29, 1.82) is 0 Å². The Balaban J connectivity index is 2.78. The van der Waals surface area contributed by atoms with Crippen LogP contribution in [-0.4, -0.2) is 0 Å². The van der Waals surface area contributed by atoms with E-state index < -0.39 is 0 Å². The van der Waals surface area contributed by atoms with Crippen LogP contribution in [0, 0.1) is 0 Å². The second-order valence-electron chi connectivity index (χ2n) is 3.19. The predicted molar refractivity (Wildman–Crippen MR) is 67.2 cm³/mol. The summed E-state index contributed by atoms with van der Waals surface area (Å²) in [4.78, 5) is 0. The highest BCUT2D eigenvalue weighted by molar-refractivity contribution is 9.10. The van der Waals surface area contributed by atoms with Crippen LogP contribution in [0.4, 0.5) is 0 Å². The van der Waals surface area contributed by atoms with Crippen molar-refractivity contribution < 1.29 is 0 Å². The molecule has 0 amide bonds. The molecule has 0 heterocycles. The van der Waals surface area contributed by atoms with Gasteiger partial charge >= 0.3 is 0 Å². The van der Waals surface area contributed by atoms with Crippen molar-refractivity contribution >= 4 is 21.5 Å². The first-order chi connectivity index (χ1) is 6.74. The molecule has 74 valence electrons. The third kappa shape index (κ3) is 3.51. The van der Waals surface area contributed by atoms with Crippen LogP contribution < -0.4 is 0 Å². The van der Waals surface area contributed by atoms with Gasteiger partial charge in [0.2, 0.25) is 0 Å². The molecule has 14 heavy (non-hydrogen) atoms. The summed E-state index contributed by atoms with van der Waals surface area (Å²) in [6.45, 7) is 4.27. The zero-order chi connectivity index (χ0) is 10.4. The van der Waals surface area contributed by atoms with Gasteiger partial charge in [-0.2, -0.15) is 0 Å². The normalized spacial score (nSPS) is 12.4. The second-order valence-corrected chi connectivity index (χ2v) is 4.11. The van der Waals surface area contributed by atoms with Crippen molar-refractivity contribution in [3.8, 4) is 0 Å². The van der Waals surface area contributed by atoms with E-state index in [2.05, 4.69) is 72.3 Å². The minimum atomic E-state index is 1.09. The van der Waals surface area contributed by atoms with Crippen LogP contribution >= 0.6 is 15.9 Å². The molecule has 0 spiro atoms. The lowest BCUT2D eigenvalue weighted by atomic mass is 10.1. The first-order valence-electron chi connectivity index (χ1n) is 4.83. The molecule has 0 nitrogen and oxygen atoms in total. The SMILES string of the molecule is CC/C=C\C=C(/C)c1ccc(Br)cc1. The molecule has 1 aromatic rings. The molecule has 0 N–H and O–H groups in total. The third-order valence-corrected chi connectivity index (χ3v) is 2.55. The van der Waals surface area contributed by atoms with Gasteiger partial charge < -0.3 is 0 Å². The van der Waals surface area contributed by atoms with Gasteiger partial charge in [-0.3, -0.25) is 0 Å². The van der Waals surface area contributed by atoms with Crippen LogP contribution in [0.1, 0.15) is 25.8 Å². The lowest BCUT2D eigenvalue weighted by Crippen LogP contribution is -1.77. The van der Waals surface area contributed by atoms with Gasteiger partial charge in [0, 0.05) is 4.47 Å². The van der Waals surface area contributed by atoms with E-state index in [0.717, 1.165) is 10.9 Å². The monoisotopic (exact) mass is 250 g/mol. The summed E-state index contributed by atoms with van der Waals surface area (Å²) in [6, 6.07) is 8.37. The van der Waals surface area contributed by atoms with Crippen molar-refractivity contribution in [2.75, 3.05) is 0 Å². The van der Waals surface area contributed by atoms with Crippen LogP contribution in [-0.2, 0) is 0 Å². The number of allylic oxidation sites excluding steroid dienone is 4. The maximum Gasteiger partial charge on any atom is 0.0175 e. The van der Waals surface area contributed by atoms with E-state index in [4.69, 9.17) is 0 Å². The molecule has 1 aromatic carbocycles. The molecule has 0 unspecified atom stereocenters. The molecule has 0 aliphatic carbocycles. The average Bonchev–Trinajstić information content (AvgIpc) is 2.19. The summed E-state index contributed by atoms with van der Waals surface area (Å²) >= 11 is 3.42. The molecule has 0 radical (unpaired) electrons. The zero-order valence-corrected chi connectivity index (χ0v) is 10.2. The number of hydrogen-bond donors (Lipinski definition) is 0. The highest BCUT2D eigenvalue weighted by Crippen LogP contribution is 2.17. The summed E-state index contributed by atoms with van der Waals surface area (Å²) in [6.07, 6.45) is 7.50. The zero-order valence-electron chi connectivity index (χ0n) is 8.63. The van der Waals surface area contributed by atoms with Gasteiger partial charge in [0.05, 0.1) is 0 Å². The molecule has 1 heteroatoms. The molecule has 0 aromatic heterocycles. The lowest BCUT2D eigenvalue weighted by molar-refractivity contribution is 1.22. The van der Waals surface area contributed by atoms with Crippen LogP contribution in [0.25, 0.3) is 5.57 Å². The summed E-state index contributed by atoms with van der Waals surface area (Å²) in [5, 5.41) is 0. The minimum Gasteiger partial charge on any atom is -0.0848 e. The molecule has 0 saturated carbocycles. The molecule has 0 aliphatic rings. The van der Waals surface area contributed by atoms with Crippen molar-refractivity contribution in [1.82, 2.24) is 0 Å². The van der Waals surface area contributed by atoms with Gasteiger partial charge in [-0.1, -0.05) is 53.2 Å². The highest BCUT2D eigenvalue weighted by Gasteiger charge is 1.93. The van der Waals surface area contributed by atoms with Crippen molar-refractivity contribution in [3.63, 3.8) is 0 Å². The van der Waals surface area contributed by atoms with Crippen molar-refractivity contribution in [3.05, 3.63) is 52.5 Å². The quantitative estimate of drug-likeness (QED) is 0.675. The van der Waals surface area contributed by atoms with E-state index in [1.54, 1.807) is 0 Å². The van der Waals surface area contributed by atoms with Crippen molar-refractivity contribution in [2.45, 2.75) is 20.3 Å². The first kappa shape index (κ1) is 11.3. The fraction of sp³-hybridized carbons (Fsp3) is 0.231. The Morgan fingerprint density at radius 3 is 2.50 bits per heavy atom. The van der Waals surface area contributed by atoms with Crippen molar-refractivity contribution in [2.24, 2.45) is 0 Å². The van der Waals surface area contributed by atoms with Gasteiger partial charge in [0.25, 0.3) is 0 Å². The van der Waals surface area contributed by atoms with Gasteiger partial charge in [0.1, 0.15) is 0 Å². The summed E-state index contributed by atoms with van der Waals surface area (Å²) < 4.78 is 1.12. The average molecular weight is 251 g/mol. The van der Waals surface area contributed by atoms with Gasteiger partial charge in [-0.25, -0.2) is 0 Å². The maximum atomic E-state index is 3.42. The van der Waals surface area contributed by atoms with Gasteiger partial charge in [0.15, 0.2) is 0 Å². The van der Waals surface area contributed by atoms with E-state index in [1.807, 2.05) is 0 Å². The Bertz CT molecular complexity index is 331. The molecule has 0 fully saturated rings. The van der Waals surface area contributed by atoms with E-state index >= 15 is 0 Å². The number of benzene rings is 1. The fourth-order valence-corrected chi connectivity index (χ4v) is 1.42. The summed E-state index contributed by atoms with van der Waals surface area (Å²) in [5.41, 5.74) is 2.57. The first-order valence-corrected chi connectivity index (χ1v) is 5.62. The Kier molecular flexibility index (Phi) is 4.68.